The van der Waals surface area contributed by atoms with Crippen molar-refractivity contribution in [2.45, 2.75) is 0 Å². The summed E-state index contributed by atoms with van der Waals surface area (Å²) in [6.07, 6.45) is 1.23. The van der Waals surface area contributed by atoms with Crippen LogP contribution in [0.4, 0.5) is 0 Å². The highest BCUT2D eigenvalue weighted by atomic mass is 16.3. The average Bonchev–Trinajstić information content (AvgIpc) is 2.46. The lowest BCUT2D eigenvalue weighted by Gasteiger charge is -2.06. The molecule has 2 aromatic carbocycles. The number of fused-ring (bicyclic) bond motifs is 4. The van der Waals surface area contributed by atoms with Crippen molar-refractivity contribution < 1.29 is 4.42 Å². The summed E-state index contributed by atoms with van der Waals surface area (Å²) in [4.78, 5) is 19.3. The molecule has 2 aliphatic heterocycles. The number of rotatable bonds is 0. The zero-order chi connectivity index (χ0) is 12.8. The Morgan fingerprint density at radius 3 is 2.74 bits per heavy atom. The van der Waals surface area contributed by atoms with Crippen molar-refractivity contribution in [3.05, 3.63) is 59.1 Å². The topological polar surface area (TPSA) is 56.0 Å². The predicted molar refractivity (Wildman–Crippen MR) is 72.2 cm³/mol. The number of nitrogens with zero attached hydrogens (tertiary/aromatic N) is 2. The molecule has 0 aromatic heterocycles. The lowest BCUT2D eigenvalue weighted by atomic mass is 10.1. The molecule has 4 heteroatoms. The summed E-state index contributed by atoms with van der Waals surface area (Å²) in [6.45, 7) is 0. The van der Waals surface area contributed by atoms with Crippen LogP contribution in [0.1, 0.15) is 0 Å². The van der Waals surface area contributed by atoms with Crippen LogP contribution >= 0.6 is 0 Å². The minimum Gasteiger partial charge on any atom is -0.437 e. The molecule has 19 heavy (non-hydrogen) atoms. The minimum atomic E-state index is -0.316. The molecule has 4 nitrogen and oxygen atoms in total. The fourth-order valence-electron chi connectivity index (χ4n) is 2.31. The first-order chi connectivity index (χ1) is 9.33. The molecule has 90 valence electrons. The highest BCUT2D eigenvalue weighted by Crippen LogP contribution is 2.29. The summed E-state index contributed by atoms with van der Waals surface area (Å²) in [5.41, 5.74) is 0.831. The van der Waals surface area contributed by atoms with Crippen molar-refractivity contribution >= 4 is 21.7 Å². The zero-order valence-corrected chi connectivity index (χ0v) is 9.83. The second-order valence-electron chi connectivity index (χ2n) is 4.35. The van der Waals surface area contributed by atoms with Gasteiger partial charge < -0.3 is 4.42 Å². The summed E-state index contributed by atoms with van der Waals surface area (Å²) >= 11 is 0. The second-order valence-corrected chi connectivity index (χ2v) is 4.35. The van der Waals surface area contributed by atoms with E-state index in [9.17, 15) is 4.79 Å². The Morgan fingerprint density at radius 2 is 1.79 bits per heavy atom. The highest BCUT2D eigenvalue weighted by Gasteiger charge is 2.13. The van der Waals surface area contributed by atoms with Gasteiger partial charge in [-0.15, -0.1) is 0 Å². The van der Waals surface area contributed by atoms with Crippen molar-refractivity contribution in [1.82, 2.24) is 9.97 Å². The quantitative estimate of drug-likeness (QED) is 0.354. The van der Waals surface area contributed by atoms with Gasteiger partial charge in [0.2, 0.25) is 5.89 Å². The molecule has 0 bridgehead atoms. The van der Waals surface area contributed by atoms with Gasteiger partial charge in [-0.05, 0) is 11.5 Å². The molecular weight excluding hydrogens is 240 g/mol. The molecule has 2 heterocycles. The third-order valence-electron chi connectivity index (χ3n) is 3.22. The van der Waals surface area contributed by atoms with Gasteiger partial charge in [0, 0.05) is 10.8 Å². The van der Waals surface area contributed by atoms with Crippen molar-refractivity contribution in [1.29, 1.82) is 0 Å². The van der Waals surface area contributed by atoms with Crippen LogP contribution in [0.15, 0.2) is 58.0 Å². The maximum atomic E-state index is 11.7. The summed E-state index contributed by atoms with van der Waals surface area (Å²) in [5, 5.41) is 2.97. The second kappa shape index (κ2) is 3.62. The zero-order valence-electron chi connectivity index (χ0n) is 9.83. The summed E-state index contributed by atoms with van der Waals surface area (Å²) in [6, 6.07) is 13.7. The lowest BCUT2D eigenvalue weighted by molar-refractivity contribution is 0.598. The molecule has 0 amide bonds. The SMILES string of the molecule is O=c1ncnc2oc3c(ccc4ccccc43)cc1-2. The molecule has 0 fully saturated rings. The van der Waals surface area contributed by atoms with Crippen LogP contribution in [0.25, 0.3) is 33.2 Å². The summed E-state index contributed by atoms with van der Waals surface area (Å²) in [7, 11) is 0. The van der Waals surface area contributed by atoms with Crippen LogP contribution in [0, 0.1) is 0 Å². The van der Waals surface area contributed by atoms with Crippen LogP contribution in [0.2, 0.25) is 0 Å². The molecule has 2 aliphatic rings. The van der Waals surface area contributed by atoms with Gasteiger partial charge in [-0.2, -0.15) is 4.98 Å². The molecule has 0 radical (unpaired) electrons. The molecule has 0 saturated heterocycles. The number of hydrogen-bond donors (Lipinski definition) is 0. The number of hydrogen-bond acceptors (Lipinski definition) is 4. The van der Waals surface area contributed by atoms with E-state index in [0.29, 0.717) is 11.5 Å². The van der Waals surface area contributed by atoms with Gasteiger partial charge in [0.05, 0.1) is 0 Å². The van der Waals surface area contributed by atoms with Crippen LogP contribution in [-0.2, 0) is 0 Å². The third-order valence-corrected chi connectivity index (χ3v) is 3.22. The molecule has 4 rings (SSSR count). The van der Waals surface area contributed by atoms with E-state index >= 15 is 0 Å². The Morgan fingerprint density at radius 1 is 0.947 bits per heavy atom. The normalized spacial score (nSPS) is 11.4. The van der Waals surface area contributed by atoms with Gasteiger partial charge in [0.15, 0.2) is 0 Å². The van der Waals surface area contributed by atoms with Crippen LogP contribution in [0.3, 0.4) is 0 Å². The third kappa shape index (κ3) is 1.43. The van der Waals surface area contributed by atoms with Gasteiger partial charge in [-0.1, -0.05) is 36.4 Å². The first kappa shape index (κ1) is 10.2. The van der Waals surface area contributed by atoms with Gasteiger partial charge >= 0.3 is 0 Å². The maximum Gasteiger partial charge on any atom is 0.283 e. The first-order valence-corrected chi connectivity index (χ1v) is 5.89. The van der Waals surface area contributed by atoms with Gasteiger partial charge in [0.25, 0.3) is 5.56 Å². The molecule has 0 spiro atoms. The van der Waals surface area contributed by atoms with Crippen molar-refractivity contribution in [3.63, 3.8) is 0 Å². The Kier molecular flexibility index (Phi) is 1.94. The standard InChI is InChI=1S/C15H8N2O2/c18-14-12-7-10-6-5-9-3-1-2-4-11(9)13(10)19-15(12)17-8-16-14/h1-8H. The van der Waals surface area contributed by atoms with E-state index in [0.717, 1.165) is 21.7 Å². The largest absolute Gasteiger partial charge is 0.437 e. The van der Waals surface area contributed by atoms with Crippen LogP contribution in [-0.4, -0.2) is 9.97 Å². The molecule has 2 aromatic rings. The van der Waals surface area contributed by atoms with Gasteiger partial charge in [-0.25, -0.2) is 4.98 Å². The average molecular weight is 248 g/mol. The van der Waals surface area contributed by atoms with Crippen molar-refractivity contribution in [2.75, 3.05) is 0 Å². The van der Waals surface area contributed by atoms with E-state index in [2.05, 4.69) is 9.97 Å². The Hall–Kier alpha value is -2.75. The number of aromatic nitrogens is 2. The van der Waals surface area contributed by atoms with E-state index in [1.54, 1.807) is 6.07 Å². The predicted octanol–water partition coefficient (Wildman–Crippen LogP) is 2.84. The maximum absolute atomic E-state index is 11.7. The molecule has 0 aliphatic carbocycles. The highest BCUT2D eigenvalue weighted by molar-refractivity contribution is 6.04. The van der Waals surface area contributed by atoms with E-state index in [1.165, 1.54) is 6.33 Å². The van der Waals surface area contributed by atoms with Crippen LogP contribution < -0.4 is 5.56 Å². The first-order valence-electron chi connectivity index (χ1n) is 5.89. The molecule has 0 atom stereocenters. The summed E-state index contributed by atoms with van der Waals surface area (Å²) in [5.74, 6) is 0.323. The molecule has 0 unspecified atom stereocenters. The number of benzene rings is 2. The smallest absolute Gasteiger partial charge is 0.283 e. The summed E-state index contributed by atoms with van der Waals surface area (Å²) < 4.78 is 5.79. The lowest BCUT2D eigenvalue weighted by Crippen LogP contribution is -2.10. The molecular formula is C15H8N2O2. The fraction of sp³-hybridized carbons (Fsp3) is 0. The fourth-order valence-corrected chi connectivity index (χ4v) is 2.31. The van der Waals surface area contributed by atoms with E-state index < -0.39 is 0 Å². The Bertz CT molecular complexity index is 943. The van der Waals surface area contributed by atoms with Crippen molar-refractivity contribution in [2.24, 2.45) is 0 Å². The van der Waals surface area contributed by atoms with Gasteiger partial charge in [-0.3, -0.25) is 4.79 Å². The Labute approximate surface area is 107 Å². The van der Waals surface area contributed by atoms with Crippen molar-refractivity contribution in [3.8, 4) is 11.5 Å². The molecule has 0 saturated carbocycles. The minimum absolute atomic E-state index is 0.316. The molecule has 0 N–H and O–H groups in total. The van der Waals surface area contributed by atoms with E-state index in [4.69, 9.17) is 4.42 Å². The van der Waals surface area contributed by atoms with Gasteiger partial charge in [0.1, 0.15) is 17.5 Å². The van der Waals surface area contributed by atoms with E-state index in [1.807, 2.05) is 36.4 Å². The van der Waals surface area contributed by atoms with Crippen LogP contribution in [0.5, 0.6) is 0 Å². The Balaban J connectivity index is 2.27. The van der Waals surface area contributed by atoms with E-state index in [-0.39, 0.29) is 5.56 Å². The monoisotopic (exact) mass is 248 g/mol.